The average Bonchev–Trinajstić information content (AvgIpc) is 2.91. The third kappa shape index (κ3) is 2.62. The summed E-state index contributed by atoms with van der Waals surface area (Å²) in [6, 6.07) is 12.0. The molecule has 6 nitrogen and oxygen atoms in total. The molecule has 1 heterocycles. The molecule has 0 aliphatic carbocycles. The van der Waals surface area contributed by atoms with Crippen molar-refractivity contribution in [2.24, 2.45) is 17.3 Å². The van der Waals surface area contributed by atoms with Gasteiger partial charge in [0.1, 0.15) is 29.3 Å². The zero-order chi connectivity index (χ0) is 15.5. The first-order valence-corrected chi connectivity index (χ1v) is 7.11. The van der Waals surface area contributed by atoms with Crippen LogP contribution in [0.5, 0.6) is 0 Å². The topological polar surface area (TPSA) is 69.5 Å². The Balaban J connectivity index is 1.97. The second kappa shape index (κ2) is 6.05. The van der Waals surface area contributed by atoms with E-state index >= 15 is 0 Å². The molecule has 0 aliphatic heterocycles. The van der Waals surface area contributed by atoms with E-state index in [1.807, 2.05) is 43.4 Å². The van der Waals surface area contributed by atoms with Gasteiger partial charge in [-0.3, -0.25) is 0 Å². The Kier molecular flexibility index (Phi) is 3.96. The zero-order valence-corrected chi connectivity index (χ0v) is 13.0. The third-order valence-electron chi connectivity index (χ3n) is 3.39. The molecule has 3 aromatic rings. The van der Waals surface area contributed by atoms with Gasteiger partial charge in [-0.15, -0.1) is 5.10 Å². The molecule has 0 N–H and O–H groups in total. The van der Waals surface area contributed by atoms with Crippen LogP contribution in [0, 0.1) is 0 Å². The number of benzene rings is 2. The molecule has 1 aromatic heterocycles. The lowest BCUT2D eigenvalue weighted by Gasteiger charge is -2.05. The van der Waals surface area contributed by atoms with Gasteiger partial charge in [-0.25, -0.2) is 4.68 Å². The van der Waals surface area contributed by atoms with Gasteiger partial charge >= 0.3 is 0 Å². The van der Waals surface area contributed by atoms with E-state index in [0.29, 0.717) is 17.1 Å². The fraction of sp³-hybridized carbons (Fsp3) is 0.200. The summed E-state index contributed by atoms with van der Waals surface area (Å²) in [7, 11) is 3.44. The number of hydrogen-bond acceptors (Lipinski definition) is 4. The lowest BCUT2D eigenvalue weighted by Crippen LogP contribution is -1.89. The second-order valence-electron chi connectivity index (χ2n) is 4.79. The highest BCUT2D eigenvalue weighted by atomic mass is 35.5. The maximum atomic E-state index is 6.47. The average molecular weight is 314 g/mol. The number of fused-ring (bicyclic) bond motifs is 1. The summed E-state index contributed by atoms with van der Waals surface area (Å²) >= 11 is 6.47. The van der Waals surface area contributed by atoms with E-state index in [-0.39, 0.29) is 0 Å². The molecule has 0 spiro atoms. The molecule has 0 bridgehead atoms. The van der Waals surface area contributed by atoms with Crippen molar-refractivity contribution in [1.29, 1.82) is 0 Å². The minimum absolute atomic E-state index is 0.508. The molecule has 0 aliphatic rings. The molecule has 0 amide bonds. The van der Waals surface area contributed by atoms with E-state index < -0.39 is 0 Å². The van der Waals surface area contributed by atoms with Crippen LogP contribution in [0.1, 0.15) is 5.56 Å². The molecule has 0 saturated heterocycles. The van der Waals surface area contributed by atoms with Crippen molar-refractivity contribution in [1.82, 2.24) is 19.9 Å². The Morgan fingerprint density at radius 3 is 2.68 bits per heavy atom. The molecule has 3 rings (SSSR count). The fourth-order valence-corrected chi connectivity index (χ4v) is 2.57. The van der Waals surface area contributed by atoms with Gasteiger partial charge in [0.05, 0.1) is 10.5 Å². The lowest BCUT2D eigenvalue weighted by molar-refractivity contribution is 0.736. The minimum atomic E-state index is 0.508. The zero-order valence-electron chi connectivity index (χ0n) is 12.2. The Bertz CT molecular complexity index is 875. The number of aromatic nitrogens is 3. The van der Waals surface area contributed by atoms with Crippen LogP contribution < -0.4 is 4.91 Å². The van der Waals surface area contributed by atoms with E-state index in [1.165, 1.54) is 0 Å². The van der Waals surface area contributed by atoms with Crippen LogP contribution in [0.15, 0.2) is 46.6 Å². The smallest absolute Gasteiger partial charge is 0.217 e. The van der Waals surface area contributed by atoms with E-state index in [9.17, 15) is 0 Å². The van der Waals surface area contributed by atoms with E-state index in [0.717, 1.165) is 22.2 Å². The van der Waals surface area contributed by atoms with Gasteiger partial charge < -0.3 is 0 Å². The van der Waals surface area contributed by atoms with Crippen molar-refractivity contribution >= 4 is 22.6 Å². The van der Waals surface area contributed by atoms with Crippen LogP contribution >= 0.6 is 11.6 Å². The summed E-state index contributed by atoms with van der Waals surface area (Å²) in [4.78, 5) is 3.61. The normalized spacial score (nSPS) is 10.5. The van der Waals surface area contributed by atoms with E-state index in [2.05, 4.69) is 25.5 Å². The summed E-state index contributed by atoms with van der Waals surface area (Å²) in [5.41, 5.74) is 4.65. The molecule has 0 radical (unpaired) electrons. The third-order valence-corrected chi connectivity index (χ3v) is 3.78. The molecule has 0 fully saturated rings. The van der Waals surface area contributed by atoms with Crippen molar-refractivity contribution in [2.45, 2.75) is 6.54 Å². The molecule has 0 saturated carbocycles. The quantitative estimate of drug-likeness (QED) is 0.549. The molecule has 0 unspecified atom stereocenters. The van der Waals surface area contributed by atoms with Crippen molar-refractivity contribution in [2.75, 3.05) is 7.05 Å². The summed E-state index contributed by atoms with van der Waals surface area (Å²) in [6.07, 6.45) is 0. The first-order chi connectivity index (χ1) is 10.7. The highest BCUT2D eigenvalue weighted by Crippen LogP contribution is 2.33. The first kappa shape index (κ1) is 14.4. The largest absolute Gasteiger partial charge is 0.248 e. The van der Waals surface area contributed by atoms with Crippen LogP contribution in [-0.4, -0.2) is 22.0 Å². The molecule has 110 valence electrons. The highest BCUT2D eigenvalue weighted by molar-refractivity contribution is 6.37. The van der Waals surface area contributed by atoms with Crippen molar-refractivity contribution < 1.29 is 0 Å². The van der Waals surface area contributed by atoms with E-state index in [1.54, 1.807) is 11.7 Å². The SMILES string of the molecule is CN=[N+]=NCc1ccc(-c2ccc3c(nnn3C)c2Cl)cc1. The Labute approximate surface area is 132 Å². The van der Waals surface area contributed by atoms with Crippen molar-refractivity contribution in [3.05, 3.63) is 47.0 Å². The van der Waals surface area contributed by atoms with Gasteiger partial charge in [0.25, 0.3) is 0 Å². The number of hydrogen-bond donors (Lipinski definition) is 0. The first-order valence-electron chi connectivity index (χ1n) is 6.73. The minimum Gasteiger partial charge on any atom is -0.248 e. The van der Waals surface area contributed by atoms with Gasteiger partial charge in [0.15, 0.2) is 0 Å². The highest BCUT2D eigenvalue weighted by Gasteiger charge is 2.11. The Morgan fingerprint density at radius 2 is 1.95 bits per heavy atom. The van der Waals surface area contributed by atoms with Gasteiger partial charge in [0, 0.05) is 12.6 Å². The molecule has 7 heteroatoms. The van der Waals surface area contributed by atoms with Gasteiger partial charge in [-0.1, -0.05) is 47.1 Å². The van der Waals surface area contributed by atoms with Crippen LogP contribution in [0.25, 0.3) is 22.2 Å². The summed E-state index contributed by atoms with van der Waals surface area (Å²) in [5.74, 6) is 0. The second-order valence-corrected chi connectivity index (χ2v) is 5.17. The van der Waals surface area contributed by atoms with Crippen molar-refractivity contribution in [3.63, 3.8) is 0 Å². The number of halogens is 1. The summed E-state index contributed by atoms with van der Waals surface area (Å²) in [6.45, 7) is 0.508. The van der Waals surface area contributed by atoms with Crippen LogP contribution in [-0.2, 0) is 13.6 Å². The van der Waals surface area contributed by atoms with Crippen molar-refractivity contribution in [3.8, 4) is 11.1 Å². The molecular formula is C15H14ClN6+. The number of nitrogens with zero attached hydrogens (tertiary/aromatic N) is 6. The maximum Gasteiger partial charge on any atom is 0.217 e. The maximum absolute atomic E-state index is 6.47. The number of rotatable bonds is 3. The standard InChI is InChI=1S/C15H14ClN6/c1-17-20-18-9-10-3-5-11(6-4-10)12-7-8-13-15(14(12)16)19-21-22(13)2/h3-8H,9H2,1-2H3/q+1. The van der Waals surface area contributed by atoms with Gasteiger partial charge in [-0.2, -0.15) is 0 Å². The van der Waals surface area contributed by atoms with Gasteiger partial charge in [0.2, 0.25) is 4.91 Å². The van der Waals surface area contributed by atoms with E-state index in [4.69, 9.17) is 11.6 Å². The number of aryl methyl sites for hydroxylation is 1. The Morgan fingerprint density at radius 1 is 1.18 bits per heavy atom. The molecule has 0 atom stereocenters. The van der Waals surface area contributed by atoms with Crippen LogP contribution in [0.3, 0.4) is 0 Å². The summed E-state index contributed by atoms with van der Waals surface area (Å²) < 4.78 is 1.71. The molecule has 2 aromatic carbocycles. The van der Waals surface area contributed by atoms with Gasteiger partial charge in [-0.05, 0) is 17.2 Å². The predicted molar refractivity (Wildman–Crippen MR) is 85.6 cm³/mol. The molecular weight excluding hydrogens is 300 g/mol. The Hall–Kier alpha value is -2.56. The lowest BCUT2D eigenvalue weighted by atomic mass is 10.0. The van der Waals surface area contributed by atoms with Crippen LogP contribution in [0.2, 0.25) is 5.02 Å². The fourth-order valence-electron chi connectivity index (χ4n) is 2.26. The molecule has 22 heavy (non-hydrogen) atoms. The monoisotopic (exact) mass is 313 g/mol. The van der Waals surface area contributed by atoms with Crippen LogP contribution in [0.4, 0.5) is 0 Å². The summed E-state index contributed by atoms with van der Waals surface area (Å²) in [5, 5.41) is 16.2. The predicted octanol–water partition coefficient (Wildman–Crippen LogP) is 3.39.